The third kappa shape index (κ3) is 5.34. The van der Waals surface area contributed by atoms with Gasteiger partial charge in [-0.3, -0.25) is 14.9 Å². The maximum absolute atomic E-state index is 12.4. The van der Waals surface area contributed by atoms with Crippen molar-refractivity contribution in [3.05, 3.63) is 35.9 Å². The van der Waals surface area contributed by atoms with Gasteiger partial charge in [-0.2, -0.15) is 0 Å². The Hall–Kier alpha value is -1.88. The van der Waals surface area contributed by atoms with Gasteiger partial charge in [0.25, 0.3) is 0 Å². The molecule has 5 nitrogen and oxygen atoms in total. The molecule has 5 heteroatoms. The fourth-order valence-corrected chi connectivity index (χ4v) is 3.05. The topological polar surface area (TPSA) is 58.6 Å². The third-order valence-electron chi connectivity index (χ3n) is 4.37. The Balaban J connectivity index is 1.94. The fraction of sp³-hybridized carbons (Fsp3) is 0.579. The summed E-state index contributed by atoms with van der Waals surface area (Å²) in [6.45, 7) is 5.61. The number of nitrogens with zero attached hydrogens (tertiary/aromatic N) is 1. The van der Waals surface area contributed by atoms with Crippen LogP contribution in [0.15, 0.2) is 30.3 Å². The molecular weight excluding hydrogens is 304 g/mol. The van der Waals surface area contributed by atoms with Crippen LogP contribution in [0.4, 0.5) is 0 Å². The summed E-state index contributed by atoms with van der Waals surface area (Å²) in [4.78, 5) is 26.6. The van der Waals surface area contributed by atoms with E-state index in [2.05, 4.69) is 5.32 Å². The molecule has 0 bridgehead atoms. The molecule has 0 spiro atoms. The van der Waals surface area contributed by atoms with E-state index in [-0.39, 0.29) is 17.9 Å². The van der Waals surface area contributed by atoms with Gasteiger partial charge in [0.1, 0.15) is 6.04 Å². The molecule has 2 atom stereocenters. The molecule has 1 heterocycles. The third-order valence-corrected chi connectivity index (χ3v) is 4.37. The predicted octanol–water partition coefficient (Wildman–Crippen LogP) is 2.15. The van der Waals surface area contributed by atoms with Crippen LogP contribution in [0.2, 0.25) is 0 Å². The Bertz CT molecular complexity index is 527. The Morgan fingerprint density at radius 2 is 1.88 bits per heavy atom. The van der Waals surface area contributed by atoms with E-state index in [0.29, 0.717) is 13.0 Å². The van der Waals surface area contributed by atoms with Crippen LogP contribution in [0.25, 0.3) is 0 Å². The van der Waals surface area contributed by atoms with Crippen molar-refractivity contribution >= 4 is 11.9 Å². The van der Waals surface area contributed by atoms with E-state index in [1.54, 1.807) is 6.92 Å². The molecule has 1 aromatic rings. The second-order valence-corrected chi connectivity index (χ2v) is 6.25. The lowest BCUT2D eigenvalue weighted by atomic mass is 10.0. The highest BCUT2D eigenvalue weighted by Gasteiger charge is 2.28. The van der Waals surface area contributed by atoms with Gasteiger partial charge in [-0.25, -0.2) is 0 Å². The van der Waals surface area contributed by atoms with Crippen molar-refractivity contribution in [2.24, 2.45) is 0 Å². The highest BCUT2D eigenvalue weighted by molar-refractivity contribution is 5.83. The van der Waals surface area contributed by atoms with Crippen LogP contribution >= 0.6 is 0 Å². The molecule has 132 valence electrons. The van der Waals surface area contributed by atoms with Gasteiger partial charge in [-0.05, 0) is 45.1 Å². The van der Waals surface area contributed by atoms with Crippen LogP contribution in [0.1, 0.15) is 38.7 Å². The van der Waals surface area contributed by atoms with Crippen molar-refractivity contribution in [2.45, 2.75) is 51.6 Å². The standard InChI is InChI=1S/C19H28N2O3/c1-3-24-19(23)17(12-11-16-9-5-4-6-10-16)20-15(2)18(22)21-13-7-8-14-21/h4-6,9-10,15,17,20H,3,7-8,11-14H2,1-2H3/t15-,17-/m0/s1. The van der Waals surface area contributed by atoms with Gasteiger partial charge in [-0.1, -0.05) is 30.3 Å². The quantitative estimate of drug-likeness (QED) is 0.741. The summed E-state index contributed by atoms with van der Waals surface area (Å²) in [5.41, 5.74) is 1.17. The van der Waals surface area contributed by atoms with Crippen LogP contribution in [0, 0.1) is 0 Å². The maximum atomic E-state index is 12.4. The van der Waals surface area contributed by atoms with Gasteiger partial charge in [0.05, 0.1) is 12.6 Å². The molecule has 1 aliphatic heterocycles. The lowest BCUT2D eigenvalue weighted by Gasteiger charge is -2.25. The summed E-state index contributed by atoms with van der Waals surface area (Å²) < 4.78 is 5.17. The summed E-state index contributed by atoms with van der Waals surface area (Å²) in [5, 5.41) is 3.18. The van der Waals surface area contributed by atoms with Crippen LogP contribution in [0.5, 0.6) is 0 Å². The smallest absolute Gasteiger partial charge is 0.323 e. The monoisotopic (exact) mass is 332 g/mol. The molecule has 1 aliphatic rings. The molecule has 1 N–H and O–H groups in total. The average molecular weight is 332 g/mol. The summed E-state index contributed by atoms with van der Waals surface area (Å²) in [7, 11) is 0. The first-order valence-electron chi connectivity index (χ1n) is 8.87. The summed E-state index contributed by atoms with van der Waals surface area (Å²) in [5.74, 6) is -0.212. The molecule has 1 fully saturated rings. The van der Waals surface area contributed by atoms with Gasteiger partial charge < -0.3 is 9.64 Å². The van der Waals surface area contributed by atoms with Crippen molar-refractivity contribution in [1.82, 2.24) is 10.2 Å². The van der Waals surface area contributed by atoms with Crippen LogP contribution in [0.3, 0.4) is 0 Å². The highest BCUT2D eigenvalue weighted by Crippen LogP contribution is 2.11. The molecule has 1 aromatic carbocycles. The number of likely N-dealkylation sites (tertiary alicyclic amines) is 1. The van der Waals surface area contributed by atoms with Crippen molar-refractivity contribution < 1.29 is 14.3 Å². The zero-order valence-corrected chi connectivity index (χ0v) is 14.7. The first-order chi connectivity index (χ1) is 11.6. The largest absolute Gasteiger partial charge is 0.465 e. The number of amides is 1. The molecule has 0 saturated carbocycles. The van der Waals surface area contributed by atoms with Gasteiger partial charge in [0, 0.05) is 13.1 Å². The number of nitrogens with one attached hydrogen (secondary N) is 1. The zero-order valence-electron chi connectivity index (χ0n) is 14.7. The number of ether oxygens (including phenoxy) is 1. The van der Waals surface area contributed by atoms with Crippen LogP contribution in [-0.4, -0.2) is 48.6 Å². The van der Waals surface area contributed by atoms with E-state index in [4.69, 9.17) is 4.74 Å². The van der Waals surface area contributed by atoms with E-state index in [9.17, 15) is 9.59 Å². The minimum atomic E-state index is -0.466. The van der Waals surface area contributed by atoms with E-state index in [1.807, 2.05) is 42.2 Å². The zero-order chi connectivity index (χ0) is 17.4. The van der Waals surface area contributed by atoms with Gasteiger partial charge >= 0.3 is 5.97 Å². The molecule has 0 unspecified atom stereocenters. The molecule has 1 amide bonds. The summed E-state index contributed by atoms with van der Waals surface area (Å²) in [6, 6.07) is 9.19. The predicted molar refractivity (Wildman–Crippen MR) is 93.6 cm³/mol. The van der Waals surface area contributed by atoms with E-state index >= 15 is 0 Å². The number of carbonyl (C=O) groups is 2. The van der Waals surface area contributed by atoms with Crippen molar-refractivity contribution in [3.8, 4) is 0 Å². The molecule has 2 rings (SSSR count). The number of hydrogen-bond donors (Lipinski definition) is 1. The lowest BCUT2D eigenvalue weighted by Crippen LogP contribution is -2.50. The van der Waals surface area contributed by atoms with Gasteiger partial charge in [0.15, 0.2) is 0 Å². The first kappa shape index (κ1) is 18.5. The number of hydrogen-bond acceptors (Lipinski definition) is 4. The minimum absolute atomic E-state index is 0.0708. The SMILES string of the molecule is CCOC(=O)[C@H](CCc1ccccc1)N[C@@H](C)C(=O)N1CCCC1. The molecule has 0 aromatic heterocycles. The Morgan fingerprint density at radius 1 is 1.21 bits per heavy atom. The molecule has 0 aliphatic carbocycles. The number of rotatable bonds is 8. The summed E-state index contributed by atoms with van der Waals surface area (Å²) >= 11 is 0. The van der Waals surface area contributed by atoms with E-state index < -0.39 is 6.04 Å². The molecule has 24 heavy (non-hydrogen) atoms. The molecule has 1 saturated heterocycles. The molecular formula is C19H28N2O3. The van der Waals surface area contributed by atoms with E-state index in [0.717, 1.165) is 32.4 Å². The number of esters is 1. The van der Waals surface area contributed by atoms with Gasteiger partial charge in [0.2, 0.25) is 5.91 Å². The molecule has 0 radical (unpaired) electrons. The normalized spacial score (nSPS) is 16.7. The Morgan fingerprint density at radius 3 is 2.50 bits per heavy atom. The lowest BCUT2D eigenvalue weighted by molar-refractivity contribution is -0.146. The minimum Gasteiger partial charge on any atom is -0.465 e. The fourth-order valence-electron chi connectivity index (χ4n) is 3.05. The average Bonchev–Trinajstić information content (AvgIpc) is 3.13. The van der Waals surface area contributed by atoms with E-state index in [1.165, 1.54) is 5.56 Å². The van der Waals surface area contributed by atoms with Crippen LogP contribution < -0.4 is 5.32 Å². The highest BCUT2D eigenvalue weighted by atomic mass is 16.5. The number of aryl methyl sites for hydroxylation is 1. The second-order valence-electron chi connectivity index (χ2n) is 6.25. The van der Waals surface area contributed by atoms with Gasteiger partial charge in [-0.15, -0.1) is 0 Å². The van der Waals surface area contributed by atoms with Crippen LogP contribution in [-0.2, 0) is 20.7 Å². The number of carbonyl (C=O) groups excluding carboxylic acids is 2. The maximum Gasteiger partial charge on any atom is 0.323 e. The summed E-state index contributed by atoms with van der Waals surface area (Å²) in [6.07, 6.45) is 3.50. The Kier molecular flexibility index (Phi) is 7.25. The first-order valence-corrected chi connectivity index (χ1v) is 8.87. The van der Waals surface area contributed by atoms with Crippen molar-refractivity contribution in [3.63, 3.8) is 0 Å². The second kappa shape index (κ2) is 9.42. The Labute approximate surface area is 144 Å². The number of benzene rings is 1. The van der Waals surface area contributed by atoms with Crippen molar-refractivity contribution in [1.29, 1.82) is 0 Å². The van der Waals surface area contributed by atoms with Crippen molar-refractivity contribution in [2.75, 3.05) is 19.7 Å².